The number of fused-ring (bicyclic) bond motifs is 1. The molecule has 0 unspecified atom stereocenters. The molecule has 4 heterocycles. The first-order valence-electron chi connectivity index (χ1n) is 8.04. The summed E-state index contributed by atoms with van der Waals surface area (Å²) in [6, 6.07) is 3.96. The van der Waals surface area contributed by atoms with Crippen molar-refractivity contribution in [3.8, 4) is 0 Å². The van der Waals surface area contributed by atoms with E-state index in [9.17, 15) is 0 Å². The summed E-state index contributed by atoms with van der Waals surface area (Å²) >= 11 is 1.62. The maximum absolute atomic E-state index is 5.82. The Hall–Kier alpha value is -2.02. The first-order chi connectivity index (χ1) is 11.9. The fourth-order valence-corrected chi connectivity index (χ4v) is 3.63. The van der Waals surface area contributed by atoms with E-state index in [1.165, 1.54) is 16.7 Å². The number of rotatable bonds is 6. The topological polar surface area (TPSA) is 51.4 Å². The highest BCUT2D eigenvalue weighted by Gasteiger charge is 2.20. The Morgan fingerprint density at radius 1 is 1.29 bits per heavy atom. The van der Waals surface area contributed by atoms with E-state index in [1.807, 2.05) is 36.1 Å². The maximum Gasteiger partial charge on any atom is 0.118 e. The number of hydrogen-bond acceptors (Lipinski definition) is 6. The van der Waals surface area contributed by atoms with E-state index in [4.69, 9.17) is 9.15 Å². The second-order valence-electron chi connectivity index (χ2n) is 5.89. The quantitative estimate of drug-likeness (QED) is 0.688. The molecule has 4 rings (SSSR count). The summed E-state index contributed by atoms with van der Waals surface area (Å²) in [4.78, 5) is 11.0. The van der Waals surface area contributed by atoms with Gasteiger partial charge < -0.3 is 9.15 Å². The van der Waals surface area contributed by atoms with Crippen molar-refractivity contribution in [3.05, 3.63) is 69.8 Å². The molecule has 5 nitrogen and oxygen atoms in total. The molecule has 0 spiro atoms. The lowest BCUT2D eigenvalue weighted by atomic mass is 9.97. The highest BCUT2D eigenvalue weighted by molar-refractivity contribution is 7.09. The molecule has 1 aliphatic rings. The van der Waals surface area contributed by atoms with Crippen LogP contribution in [0.5, 0.6) is 0 Å². The third-order valence-electron chi connectivity index (χ3n) is 4.23. The molecule has 0 N–H and O–H groups in total. The van der Waals surface area contributed by atoms with Gasteiger partial charge >= 0.3 is 0 Å². The minimum absolute atomic E-state index is 0.561. The molecular formula is C18H19N3O2S. The molecule has 3 aromatic heterocycles. The summed E-state index contributed by atoms with van der Waals surface area (Å²) in [6.45, 7) is 3.93. The molecule has 0 atom stereocenters. The molecule has 3 aromatic rings. The predicted octanol–water partition coefficient (Wildman–Crippen LogP) is 3.41. The molecule has 0 radical (unpaired) electrons. The molecule has 0 saturated heterocycles. The van der Waals surface area contributed by atoms with Crippen molar-refractivity contribution in [3.63, 3.8) is 0 Å². The van der Waals surface area contributed by atoms with Crippen molar-refractivity contribution in [2.45, 2.75) is 32.7 Å². The fraction of sp³-hybridized carbons (Fsp3) is 0.333. The van der Waals surface area contributed by atoms with Crippen molar-refractivity contribution in [2.75, 3.05) is 6.54 Å². The van der Waals surface area contributed by atoms with E-state index in [1.54, 1.807) is 17.6 Å². The van der Waals surface area contributed by atoms with Gasteiger partial charge in [-0.05, 0) is 35.2 Å². The van der Waals surface area contributed by atoms with Crippen LogP contribution in [0.3, 0.4) is 0 Å². The van der Waals surface area contributed by atoms with Crippen LogP contribution in [0.15, 0.2) is 46.8 Å². The summed E-state index contributed by atoms with van der Waals surface area (Å²) in [5.41, 5.74) is 3.88. The van der Waals surface area contributed by atoms with E-state index in [-0.39, 0.29) is 0 Å². The van der Waals surface area contributed by atoms with Crippen LogP contribution in [0.2, 0.25) is 0 Å². The van der Waals surface area contributed by atoms with Gasteiger partial charge in [-0.2, -0.15) is 0 Å². The van der Waals surface area contributed by atoms with E-state index < -0.39 is 0 Å². The Balaban J connectivity index is 1.39. The predicted molar refractivity (Wildman–Crippen MR) is 91.4 cm³/mol. The van der Waals surface area contributed by atoms with E-state index >= 15 is 0 Å². The van der Waals surface area contributed by atoms with Crippen LogP contribution in [-0.2, 0) is 37.5 Å². The van der Waals surface area contributed by atoms with Gasteiger partial charge in [-0.25, -0.2) is 4.98 Å². The SMILES string of the molecule is c1coc(CN2CCc3c(COCc4nccs4)cncc3C2)c1. The zero-order chi connectivity index (χ0) is 16.2. The minimum Gasteiger partial charge on any atom is -0.468 e. The van der Waals surface area contributed by atoms with Gasteiger partial charge in [0.2, 0.25) is 0 Å². The highest BCUT2D eigenvalue weighted by atomic mass is 32.1. The number of thiazole rings is 1. The van der Waals surface area contributed by atoms with Crippen LogP contribution in [0.4, 0.5) is 0 Å². The summed E-state index contributed by atoms with van der Waals surface area (Å²) in [5, 5.41) is 2.98. The summed E-state index contributed by atoms with van der Waals surface area (Å²) in [5.74, 6) is 1.01. The average Bonchev–Trinajstić information content (AvgIpc) is 3.29. The molecule has 1 aliphatic heterocycles. The number of aromatic nitrogens is 2. The Morgan fingerprint density at radius 3 is 3.12 bits per heavy atom. The zero-order valence-electron chi connectivity index (χ0n) is 13.4. The van der Waals surface area contributed by atoms with Crippen LogP contribution < -0.4 is 0 Å². The van der Waals surface area contributed by atoms with Gasteiger partial charge in [0.25, 0.3) is 0 Å². The second-order valence-corrected chi connectivity index (χ2v) is 6.87. The molecule has 24 heavy (non-hydrogen) atoms. The number of ether oxygens (including phenoxy) is 1. The summed E-state index contributed by atoms with van der Waals surface area (Å²) in [7, 11) is 0. The first-order valence-corrected chi connectivity index (χ1v) is 8.92. The molecule has 0 fully saturated rings. The second kappa shape index (κ2) is 7.25. The molecule has 6 heteroatoms. The lowest BCUT2D eigenvalue weighted by Gasteiger charge is -2.29. The minimum atomic E-state index is 0.561. The number of pyridine rings is 1. The summed E-state index contributed by atoms with van der Waals surface area (Å²) < 4.78 is 11.3. The fourth-order valence-electron chi connectivity index (χ4n) is 3.08. The smallest absolute Gasteiger partial charge is 0.118 e. The summed E-state index contributed by atoms with van der Waals surface area (Å²) in [6.07, 6.45) is 8.47. The zero-order valence-corrected chi connectivity index (χ0v) is 14.2. The van der Waals surface area contributed by atoms with Crippen molar-refractivity contribution in [1.29, 1.82) is 0 Å². The molecule has 0 aliphatic carbocycles. The monoisotopic (exact) mass is 341 g/mol. The molecular weight excluding hydrogens is 322 g/mol. The Labute approximate surface area is 144 Å². The van der Waals surface area contributed by atoms with E-state index in [0.29, 0.717) is 13.2 Å². The molecule has 0 amide bonds. The first kappa shape index (κ1) is 15.5. The van der Waals surface area contributed by atoms with Gasteiger partial charge in [-0.3, -0.25) is 9.88 Å². The van der Waals surface area contributed by atoms with Crippen molar-refractivity contribution >= 4 is 11.3 Å². The lowest BCUT2D eigenvalue weighted by molar-refractivity contribution is 0.105. The van der Waals surface area contributed by atoms with Crippen LogP contribution in [0.1, 0.15) is 27.5 Å². The van der Waals surface area contributed by atoms with E-state index in [0.717, 1.165) is 36.8 Å². The highest BCUT2D eigenvalue weighted by Crippen LogP contribution is 2.23. The molecule has 0 bridgehead atoms. The Morgan fingerprint density at radius 2 is 2.29 bits per heavy atom. The number of nitrogens with zero attached hydrogens (tertiary/aromatic N) is 3. The largest absolute Gasteiger partial charge is 0.468 e. The van der Waals surface area contributed by atoms with Gasteiger partial charge in [0, 0.05) is 37.1 Å². The lowest BCUT2D eigenvalue weighted by Crippen LogP contribution is -2.30. The standard InChI is InChI=1S/C18H19N3O2S/c1-2-16(23-6-1)11-21-5-3-17-14(10-21)8-19-9-15(17)12-22-13-18-20-4-7-24-18/h1-2,4,6-9H,3,5,10-13H2. The Kier molecular flexibility index (Phi) is 4.69. The average molecular weight is 341 g/mol. The van der Waals surface area contributed by atoms with E-state index in [2.05, 4.69) is 14.9 Å². The van der Waals surface area contributed by atoms with Gasteiger partial charge in [0.05, 0.1) is 26.0 Å². The normalized spacial score (nSPS) is 14.7. The van der Waals surface area contributed by atoms with Gasteiger partial charge in [-0.1, -0.05) is 0 Å². The van der Waals surface area contributed by atoms with Gasteiger partial charge in [0.1, 0.15) is 10.8 Å². The van der Waals surface area contributed by atoms with Crippen molar-refractivity contribution < 1.29 is 9.15 Å². The third kappa shape index (κ3) is 3.56. The Bertz CT molecular complexity index is 757. The van der Waals surface area contributed by atoms with Crippen molar-refractivity contribution in [2.24, 2.45) is 0 Å². The number of hydrogen-bond donors (Lipinski definition) is 0. The molecule has 124 valence electrons. The third-order valence-corrected chi connectivity index (χ3v) is 4.99. The van der Waals surface area contributed by atoms with Crippen molar-refractivity contribution in [1.82, 2.24) is 14.9 Å². The molecule has 0 saturated carbocycles. The maximum atomic E-state index is 5.82. The van der Waals surface area contributed by atoms with Gasteiger partial charge in [0.15, 0.2) is 0 Å². The van der Waals surface area contributed by atoms with Gasteiger partial charge in [-0.15, -0.1) is 11.3 Å². The van der Waals surface area contributed by atoms with Crippen LogP contribution in [-0.4, -0.2) is 21.4 Å². The molecule has 0 aromatic carbocycles. The number of furan rings is 1. The van der Waals surface area contributed by atoms with Crippen LogP contribution in [0.25, 0.3) is 0 Å². The van der Waals surface area contributed by atoms with Crippen LogP contribution in [0, 0.1) is 0 Å². The van der Waals surface area contributed by atoms with Crippen LogP contribution >= 0.6 is 11.3 Å².